The number of fused-ring (bicyclic) bond motifs is 1. The predicted octanol–water partition coefficient (Wildman–Crippen LogP) is 3.54. The fraction of sp³-hybridized carbons (Fsp3) is 0.500. The van der Waals surface area contributed by atoms with Crippen LogP contribution in [0.15, 0.2) is 30.7 Å². The highest BCUT2D eigenvalue weighted by Crippen LogP contribution is 2.39. The smallest absolute Gasteiger partial charge is 0.333 e. The van der Waals surface area contributed by atoms with Crippen molar-refractivity contribution in [3.05, 3.63) is 62.9 Å². The van der Waals surface area contributed by atoms with Gasteiger partial charge in [-0.15, -0.1) is 11.3 Å². The van der Waals surface area contributed by atoms with E-state index >= 15 is 0 Å². The summed E-state index contributed by atoms with van der Waals surface area (Å²) in [5.41, 5.74) is 3.48. The van der Waals surface area contributed by atoms with Crippen molar-refractivity contribution in [1.29, 1.82) is 0 Å². The fourth-order valence-electron chi connectivity index (χ4n) is 6.01. The normalized spacial score (nSPS) is 22.6. The predicted molar refractivity (Wildman–Crippen MR) is 156 cm³/mol. The van der Waals surface area contributed by atoms with Crippen LogP contribution in [-0.2, 0) is 25.6 Å². The summed E-state index contributed by atoms with van der Waals surface area (Å²) < 4.78 is 33.3. The minimum Gasteiger partial charge on any atom is -0.367 e. The molecule has 2 fully saturated rings. The first-order valence-electron chi connectivity index (χ1n) is 14.0. The van der Waals surface area contributed by atoms with Crippen molar-refractivity contribution in [3.63, 3.8) is 0 Å². The van der Waals surface area contributed by atoms with Gasteiger partial charge in [-0.05, 0) is 69.1 Å². The Kier molecular flexibility index (Phi) is 8.05. The van der Waals surface area contributed by atoms with Gasteiger partial charge in [-0.2, -0.15) is 8.42 Å². The Hall–Kier alpha value is -2.97. The van der Waals surface area contributed by atoms with Gasteiger partial charge in [0.25, 0.3) is 0 Å². The molecule has 1 saturated heterocycles. The van der Waals surface area contributed by atoms with Crippen LogP contribution < -0.4 is 15.4 Å². The topological polar surface area (TPSA) is 150 Å². The van der Waals surface area contributed by atoms with Gasteiger partial charge >= 0.3 is 10.3 Å². The van der Waals surface area contributed by atoms with Gasteiger partial charge in [-0.1, -0.05) is 6.07 Å². The van der Waals surface area contributed by atoms with Gasteiger partial charge < -0.3 is 15.0 Å². The fourth-order valence-corrected chi connectivity index (χ4v) is 7.39. The quantitative estimate of drug-likeness (QED) is 0.350. The number of carbonyl (C=O) groups excluding carboxylic acids is 1. The molecule has 1 saturated carbocycles. The standard InChI is InChI=1S/C28H34N6O5S2/c1-17-21(27-25-19(8-11-38-27)5-7-24(33-25)34-9-2-3-10-34)13-23(40-17)26(35)22-14-30-16-31-28(22)32-20-6-4-18(12-20)15-39-41(29,36)37/h5,7,13-14,16,18,20,27H,2-4,6,8-12,15H2,1H3,(H2,29,36,37)(H,30,31,32)/t18-,20+,27?/m1/s1. The van der Waals surface area contributed by atoms with Crippen LogP contribution in [0.25, 0.3) is 0 Å². The first-order valence-corrected chi connectivity index (χ1v) is 16.3. The van der Waals surface area contributed by atoms with Crippen molar-refractivity contribution in [2.45, 2.75) is 57.6 Å². The molecular formula is C28H34N6O5S2. The van der Waals surface area contributed by atoms with Crippen LogP contribution in [0.5, 0.6) is 0 Å². The van der Waals surface area contributed by atoms with E-state index < -0.39 is 10.3 Å². The van der Waals surface area contributed by atoms with E-state index in [2.05, 4.69) is 32.3 Å². The van der Waals surface area contributed by atoms with Crippen LogP contribution in [-0.4, -0.2) is 61.5 Å². The van der Waals surface area contributed by atoms with Crippen LogP contribution in [0.3, 0.4) is 0 Å². The van der Waals surface area contributed by atoms with E-state index in [4.69, 9.17) is 19.0 Å². The molecule has 6 rings (SSSR count). The molecule has 1 aliphatic carbocycles. The molecule has 0 aromatic carbocycles. The van der Waals surface area contributed by atoms with Gasteiger partial charge in [0, 0.05) is 35.8 Å². The zero-order chi connectivity index (χ0) is 28.6. The summed E-state index contributed by atoms with van der Waals surface area (Å²) in [6.45, 7) is 4.71. The lowest BCUT2D eigenvalue weighted by molar-refractivity contribution is 0.0664. The van der Waals surface area contributed by atoms with E-state index in [1.54, 1.807) is 6.20 Å². The Balaban J connectivity index is 1.20. The average Bonchev–Trinajstić information content (AvgIpc) is 3.73. The zero-order valence-corrected chi connectivity index (χ0v) is 24.5. The second kappa shape index (κ2) is 11.7. The minimum atomic E-state index is -3.97. The number of aromatic nitrogens is 3. The van der Waals surface area contributed by atoms with E-state index in [1.165, 1.54) is 36.1 Å². The van der Waals surface area contributed by atoms with Crippen molar-refractivity contribution in [3.8, 4) is 0 Å². The van der Waals surface area contributed by atoms with Crippen LogP contribution in [0.4, 0.5) is 11.6 Å². The van der Waals surface area contributed by atoms with E-state index in [1.807, 2.05) is 13.0 Å². The van der Waals surface area contributed by atoms with Gasteiger partial charge in [0.05, 0.1) is 29.3 Å². The molecule has 13 heteroatoms. The molecule has 0 radical (unpaired) electrons. The third kappa shape index (κ3) is 6.28. The van der Waals surface area contributed by atoms with E-state index in [0.29, 0.717) is 29.3 Å². The number of nitrogens with zero attached hydrogens (tertiary/aromatic N) is 4. The summed E-state index contributed by atoms with van der Waals surface area (Å²) in [5.74, 6) is 1.34. The number of hydrogen-bond acceptors (Lipinski definition) is 11. The summed E-state index contributed by atoms with van der Waals surface area (Å²) in [6.07, 6.45) is 8.08. The SMILES string of the molecule is Cc1sc(C(=O)c2cncnc2N[C@H]2CC[C@@H](COS(N)(=O)=O)C2)cc1C1OCCc2ccc(N3CCCC3)nc21. The van der Waals surface area contributed by atoms with Gasteiger partial charge in [0.1, 0.15) is 24.1 Å². The van der Waals surface area contributed by atoms with Crippen molar-refractivity contribution in [2.75, 3.05) is 36.5 Å². The summed E-state index contributed by atoms with van der Waals surface area (Å²) in [4.78, 5) is 31.2. The number of carbonyl (C=O) groups is 1. The highest BCUT2D eigenvalue weighted by atomic mass is 32.2. The Bertz CT molecular complexity index is 1540. The minimum absolute atomic E-state index is 0.0224. The van der Waals surface area contributed by atoms with E-state index in [9.17, 15) is 13.2 Å². The second-order valence-corrected chi connectivity index (χ2v) is 13.4. The molecule has 3 aromatic rings. The summed E-state index contributed by atoms with van der Waals surface area (Å²) >= 11 is 1.44. The molecule has 41 heavy (non-hydrogen) atoms. The molecule has 5 heterocycles. The van der Waals surface area contributed by atoms with Gasteiger partial charge in [0.15, 0.2) is 0 Å². The zero-order valence-electron chi connectivity index (χ0n) is 22.9. The number of aryl methyl sites for hydroxylation is 1. The number of ketones is 1. The van der Waals surface area contributed by atoms with Crippen LogP contribution in [0, 0.1) is 12.8 Å². The Labute approximate surface area is 243 Å². The lowest BCUT2D eigenvalue weighted by Crippen LogP contribution is -2.23. The molecule has 3 atom stereocenters. The molecule has 0 amide bonds. The lowest BCUT2D eigenvalue weighted by Gasteiger charge is -2.27. The Morgan fingerprint density at radius 2 is 2.10 bits per heavy atom. The number of pyridine rings is 1. The van der Waals surface area contributed by atoms with Gasteiger partial charge in [0.2, 0.25) is 5.78 Å². The Morgan fingerprint density at radius 1 is 1.27 bits per heavy atom. The molecule has 3 aliphatic rings. The summed E-state index contributed by atoms with van der Waals surface area (Å²) in [7, 11) is -3.97. The number of nitrogens with one attached hydrogen (secondary N) is 1. The van der Waals surface area contributed by atoms with Crippen LogP contribution in [0.2, 0.25) is 0 Å². The van der Waals surface area contributed by atoms with Crippen LogP contribution >= 0.6 is 11.3 Å². The third-order valence-electron chi connectivity index (χ3n) is 8.10. The molecule has 2 aliphatic heterocycles. The summed E-state index contributed by atoms with van der Waals surface area (Å²) in [6, 6.07) is 6.24. The maximum absolute atomic E-state index is 13.8. The number of nitrogens with two attached hydrogens (primary N) is 1. The highest BCUT2D eigenvalue weighted by Gasteiger charge is 2.31. The van der Waals surface area contributed by atoms with Crippen molar-refractivity contribution < 1.29 is 22.1 Å². The maximum atomic E-state index is 13.8. The molecule has 3 N–H and O–H groups in total. The third-order valence-corrected chi connectivity index (χ3v) is 9.63. The molecule has 0 spiro atoms. The first kappa shape index (κ1) is 28.2. The molecule has 218 valence electrons. The van der Waals surface area contributed by atoms with E-state index in [-0.39, 0.29) is 30.5 Å². The lowest BCUT2D eigenvalue weighted by atomic mass is 9.97. The van der Waals surface area contributed by atoms with Gasteiger partial charge in [-0.3, -0.25) is 8.98 Å². The monoisotopic (exact) mass is 598 g/mol. The van der Waals surface area contributed by atoms with Crippen molar-refractivity contribution in [2.24, 2.45) is 11.1 Å². The first-order chi connectivity index (χ1) is 19.7. The largest absolute Gasteiger partial charge is 0.367 e. The average molecular weight is 599 g/mol. The second-order valence-electron chi connectivity index (χ2n) is 10.9. The highest BCUT2D eigenvalue weighted by molar-refractivity contribution is 7.84. The van der Waals surface area contributed by atoms with Crippen molar-refractivity contribution in [1.82, 2.24) is 15.0 Å². The Morgan fingerprint density at radius 3 is 2.90 bits per heavy atom. The molecule has 0 bridgehead atoms. The van der Waals surface area contributed by atoms with Crippen LogP contribution in [0.1, 0.15) is 75.1 Å². The maximum Gasteiger partial charge on any atom is 0.333 e. The number of hydrogen-bond donors (Lipinski definition) is 2. The molecule has 3 aromatic heterocycles. The van der Waals surface area contributed by atoms with E-state index in [0.717, 1.165) is 54.3 Å². The molecule has 1 unspecified atom stereocenters. The van der Waals surface area contributed by atoms with Crippen molar-refractivity contribution >= 4 is 39.1 Å². The number of thiophene rings is 1. The number of rotatable bonds is 9. The molecule has 11 nitrogen and oxygen atoms in total. The number of ether oxygens (including phenoxy) is 1. The summed E-state index contributed by atoms with van der Waals surface area (Å²) in [5, 5.41) is 8.34. The van der Waals surface area contributed by atoms with Gasteiger partial charge in [-0.25, -0.2) is 20.1 Å². The molecular weight excluding hydrogens is 564 g/mol. The number of anilines is 2.